The maximum atomic E-state index is 12.3. The van der Waals surface area contributed by atoms with Crippen molar-refractivity contribution in [3.8, 4) is 0 Å². The maximum Gasteiger partial charge on any atom is 0.246 e. The fraction of sp³-hybridized carbons (Fsp3) is 0.300. The average molecular weight is 322 g/mol. The summed E-state index contributed by atoms with van der Waals surface area (Å²) in [6.45, 7) is 6.68. The van der Waals surface area contributed by atoms with Crippen LogP contribution in [0.1, 0.15) is 16.7 Å². The molecule has 4 heteroatoms. The number of amides is 1. The lowest BCUT2D eigenvalue weighted by molar-refractivity contribution is -0.917. The van der Waals surface area contributed by atoms with Gasteiger partial charge in [-0.1, -0.05) is 29.8 Å². The highest BCUT2D eigenvalue weighted by molar-refractivity contribution is 5.91. The van der Waals surface area contributed by atoms with Gasteiger partial charge in [0.25, 0.3) is 0 Å². The number of nitrogens with zero attached hydrogens (tertiary/aromatic N) is 2. The van der Waals surface area contributed by atoms with Crippen molar-refractivity contribution in [1.82, 2.24) is 9.88 Å². The molecule has 124 valence electrons. The summed E-state index contributed by atoms with van der Waals surface area (Å²) in [6, 6.07) is 12.3. The zero-order valence-corrected chi connectivity index (χ0v) is 14.1. The van der Waals surface area contributed by atoms with E-state index in [9.17, 15) is 4.79 Å². The van der Waals surface area contributed by atoms with E-state index in [0.717, 1.165) is 38.3 Å². The number of hydrogen-bond donors (Lipinski definition) is 1. The van der Waals surface area contributed by atoms with Gasteiger partial charge in [-0.15, -0.1) is 0 Å². The minimum absolute atomic E-state index is 0.111. The number of hydrogen-bond acceptors (Lipinski definition) is 2. The first-order valence-corrected chi connectivity index (χ1v) is 8.47. The lowest BCUT2D eigenvalue weighted by Crippen LogP contribution is -3.13. The van der Waals surface area contributed by atoms with Crippen LogP contribution in [-0.4, -0.2) is 42.0 Å². The zero-order chi connectivity index (χ0) is 16.8. The third kappa shape index (κ3) is 4.52. The van der Waals surface area contributed by atoms with Crippen LogP contribution in [0.2, 0.25) is 0 Å². The lowest BCUT2D eigenvalue weighted by Gasteiger charge is -2.31. The van der Waals surface area contributed by atoms with Gasteiger partial charge in [-0.2, -0.15) is 0 Å². The summed E-state index contributed by atoms with van der Waals surface area (Å²) >= 11 is 0. The summed E-state index contributed by atoms with van der Waals surface area (Å²) in [5, 5.41) is 0. The second-order valence-corrected chi connectivity index (χ2v) is 6.35. The fourth-order valence-corrected chi connectivity index (χ4v) is 3.06. The first-order valence-electron chi connectivity index (χ1n) is 8.47. The summed E-state index contributed by atoms with van der Waals surface area (Å²) < 4.78 is 0. The van der Waals surface area contributed by atoms with Crippen LogP contribution in [0.15, 0.2) is 54.9 Å². The predicted molar refractivity (Wildman–Crippen MR) is 95.4 cm³/mol. The Morgan fingerprint density at radius 1 is 1.21 bits per heavy atom. The molecule has 0 atom stereocenters. The summed E-state index contributed by atoms with van der Waals surface area (Å²) in [7, 11) is 0. The Kier molecular flexibility index (Phi) is 5.39. The molecule has 1 aromatic carbocycles. The monoisotopic (exact) mass is 322 g/mol. The molecule has 1 saturated heterocycles. The van der Waals surface area contributed by atoms with Crippen molar-refractivity contribution in [2.75, 3.05) is 26.2 Å². The van der Waals surface area contributed by atoms with Crippen molar-refractivity contribution in [3.63, 3.8) is 0 Å². The van der Waals surface area contributed by atoms with Gasteiger partial charge in [-0.3, -0.25) is 9.78 Å². The second kappa shape index (κ2) is 7.88. The standard InChI is InChI=1S/C20H23N3O/c1-17-3-2-4-18(15-17)5-6-20(24)23-13-11-22(12-14-23)16-19-7-9-21-10-8-19/h2-10,15H,11-14,16H2,1H3/p+1/b6-5+. The van der Waals surface area contributed by atoms with Gasteiger partial charge in [0.2, 0.25) is 5.91 Å². The van der Waals surface area contributed by atoms with Gasteiger partial charge in [-0.25, -0.2) is 0 Å². The molecule has 2 heterocycles. The van der Waals surface area contributed by atoms with Crippen LogP contribution in [0, 0.1) is 6.92 Å². The van der Waals surface area contributed by atoms with Crippen molar-refractivity contribution >= 4 is 12.0 Å². The summed E-state index contributed by atoms with van der Waals surface area (Å²) in [6.07, 6.45) is 7.28. The number of benzene rings is 1. The zero-order valence-electron chi connectivity index (χ0n) is 14.1. The largest absolute Gasteiger partial charge is 0.328 e. The second-order valence-electron chi connectivity index (χ2n) is 6.35. The number of pyridine rings is 1. The van der Waals surface area contributed by atoms with Crippen LogP contribution in [0.4, 0.5) is 0 Å². The van der Waals surface area contributed by atoms with E-state index in [4.69, 9.17) is 0 Å². The van der Waals surface area contributed by atoms with Crippen molar-refractivity contribution in [2.45, 2.75) is 13.5 Å². The third-order valence-electron chi connectivity index (χ3n) is 4.45. The van der Waals surface area contributed by atoms with Crippen molar-refractivity contribution in [3.05, 3.63) is 71.6 Å². The number of aromatic nitrogens is 1. The van der Waals surface area contributed by atoms with Crippen LogP contribution in [-0.2, 0) is 11.3 Å². The third-order valence-corrected chi connectivity index (χ3v) is 4.45. The number of piperazine rings is 1. The molecule has 1 aliphatic rings. The molecule has 3 rings (SSSR count). The molecule has 0 aliphatic carbocycles. The molecule has 0 bridgehead atoms. The summed E-state index contributed by atoms with van der Waals surface area (Å²) in [4.78, 5) is 19.9. The predicted octanol–water partition coefficient (Wildman–Crippen LogP) is 1.33. The van der Waals surface area contributed by atoms with E-state index in [1.165, 1.54) is 16.0 Å². The SMILES string of the molecule is Cc1cccc(/C=C/C(=O)N2CC[NH+](Cc3ccncc3)CC2)c1. The first kappa shape index (κ1) is 16.4. The van der Waals surface area contributed by atoms with Gasteiger partial charge < -0.3 is 9.80 Å². The quantitative estimate of drug-likeness (QED) is 0.863. The highest BCUT2D eigenvalue weighted by atomic mass is 16.2. The van der Waals surface area contributed by atoms with E-state index in [1.807, 2.05) is 35.5 Å². The molecule has 1 fully saturated rings. The number of rotatable bonds is 4. The highest BCUT2D eigenvalue weighted by Crippen LogP contribution is 2.06. The van der Waals surface area contributed by atoms with E-state index in [-0.39, 0.29) is 5.91 Å². The van der Waals surface area contributed by atoms with Crippen molar-refractivity contribution in [2.24, 2.45) is 0 Å². The Labute approximate surface area is 143 Å². The van der Waals surface area contributed by atoms with Crippen LogP contribution >= 0.6 is 0 Å². The molecular formula is C20H24N3O+. The number of aryl methyl sites for hydroxylation is 1. The Hall–Kier alpha value is -2.46. The van der Waals surface area contributed by atoms with Gasteiger partial charge in [0.05, 0.1) is 26.2 Å². The Morgan fingerprint density at radius 3 is 2.67 bits per heavy atom. The van der Waals surface area contributed by atoms with E-state index in [0.29, 0.717) is 0 Å². The van der Waals surface area contributed by atoms with E-state index < -0.39 is 0 Å². The molecule has 0 radical (unpaired) electrons. The molecule has 2 aromatic rings. The topological polar surface area (TPSA) is 37.6 Å². The van der Waals surface area contributed by atoms with Crippen LogP contribution < -0.4 is 4.90 Å². The van der Waals surface area contributed by atoms with Gasteiger partial charge in [0.15, 0.2) is 0 Å². The molecular weight excluding hydrogens is 298 g/mol. The van der Waals surface area contributed by atoms with E-state index in [2.05, 4.69) is 36.2 Å². The molecule has 0 saturated carbocycles. The molecule has 1 aromatic heterocycles. The van der Waals surface area contributed by atoms with Crippen LogP contribution in [0.5, 0.6) is 0 Å². The Bertz CT molecular complexity index is 704. The van der Waals surface area contributed by atoms with Crippen LogP contribution in [0.25, 0.3) is 6.08 Å². The molecule has 0 spiro atoms. The minimum atomic E-state index is 0.111. The molecule has 1 aliphatic heterocycles. The average Bonchev–Trinajstić information content (AvgIpc) is 2.61. The van der Waals surface area contributed by atoms with E-state index in [1.54, 1.807) is 6.08 Å². The Morgan fingerprint density at radius 2 is 1.96 bits per heavy atom. The lowest BCUT2D eigenvalue weighted by atomic mass is 10.1. The van der Waals surface area contributed by atoms with Gasteiger partial charge in [0.1, 0.15) is 6.54 Å². The molecule has 24 heavy (non-hydrogen) atoms. The van der Waals surface area contributed by atoms with Crippen molar-refractivity contribution in [1.29, 1.82) is 0 Å². The smallest absolute Gasteiger partial charge is 0.246 e. The fourth-order valence-electron chi connectivity index (χ4n) is 3.06. The first-order chi connectivity index (χ1) is 11.7. The highest BCUT2D eigenvalue weighted by Gasteiger charge is 2.22. The van der Waals surface area contributed by atoms with Crippen molar-refractivity contribution < 1.29 is 9.69 Å². The summed E-state index contributed by atoms with van der Waals surface area (Å²) in [5.74, 6) is 0.111. The van der Waals surface area contributed by atoms with E-state index >= 15 is 0 Å². The molecule has 1 N–H and O–H groups in total. The molecule has 1 amide bonds. The number of nitrogens with one attached hydrogen (secondary N) is 1. The maximum absolute atomic E-state index is 12.3. The molecule has 4 nitrogen and oxygen atoms in total. The van der Waals surface area contributed by atoms with Crippen LogP contribution in [0.3, 0.4) is 0 Å². The van der Waals surface area contributed by atoms with Gasteiger partial charge in [-0.05, 0) is 30.7 Å². The summed E-state index contributed by atoms with van der Waals surface area (Å²) in [5.41, 5.74) is 3.59. The number of carbonyl (C=O) groups excluding carboxylic acids is 1. The Balaban J connectivity index is 1.50. The number of carbonyl (C=O) groups is 1. The molecule has 0 unspecified atom stereocenters. The van der Waals surface area contributed by atoms with Gasteiger partial charge in [0, 0.05) is 24.0 Å². The normalized spacial score (nSPS) is 15.8. The number of quaternary nitrogens is 1. The minimum Gasteiger partial charge on any atom is -0.328 e. The van der Waals surface area contributed by atoms with Gasteiger partial charge >= 0.3 is 0 Å².